The molecule has 0 rings (SSSR count). The predicted molar refractivity (Wildman–Crippen MR) is 48.6 cm³/mol. The molecule has 0 aliphatic heterocycles. The van der Waals surface area contributed by atoms with Crippen LogP contribution in [-0.2, 0) is 0 Å². The minimum absolute atomic E-state index is 0.161. The van der Waals surface area contributed by atoms with Crippen molar-refractivity contribution in [3.05, 3.63) is 0 Å². The summed E-state index contributed by atoms with van der Waals surface area (Å²) in [5.41, 5.74) is 0. The van der Waals surface area contributed by atoms with Crippen molar-refractivity contribution in [2.24, 2.45) is 0 Å². The fourth-order valence-electron chi connectivity index (χ4n) is 1.35. The van der Waals surface area contributed by atoms with E-state index in [1.807, 2.05) is 6.92 Å². The van der Waals surface area contributed by atoms with E-state index in [9.17, 15) is 0 Å². The molecule has 0 saturated carbocycles. The van der Waals surface area contributed by atoms with Gasteiger partial charge in [0.25, 0.3) is 0 Å². The van der Waals surface area contributed by atoms with Crippen LogP contribution in [0.4, 0.5) is 0 Å². The minimum atomic E-state index is 0.161. The zero-order valence-corrected chi connectivity index (χ0v) is 8.12. The lowest BCUT2D eigenvalue weighted by Gasteiger charge is -2.30. The minimum Gasteiger partial charge on any atom is -0.395 e. The van der Waals surface area contributed by atoms with Crippen molar-refractivity contribution in [2.75, 3.05) is 13.2 Å². The molecule has 0 aromatic rings. The number of aliphatic hydroxyl groups excluding tert-OH is 1. The highest BCUT2D eigenvalue weighted by Crippen LogP contribution is 2.07. The lowest BCUT2D eigenvalue weighted by molar-refractivity contribution is 0.127. The molecule has 0 aromatic carbocycles. The van der Waals surface area contributed by atoms with E-state index >= 15 is 0 Å². The lowest BCUT2D eigenvalue weighted by Crippen LogP contribution is -2.40. The van der Waals surface area contributed by atoms with E-state index in [2.05, 4.69) is 24.8 Å². The first-order chi connectivity index (χ1) is 5.63. The van der Waals surface area contributed by atoms with Crippen molar-refractivity contribution < 1.29 is 5.11 Å². The van der Waals surface area contributed by atoms with Crippen LogP contribution in [0.3, 0.4) is 0 Å². The van der Waals surface area contributed by atoms with Gasteiger partial charge in [-0.2, -0.15) is 5.26 Å². The van der Waals surface area contributed by atoms with Crippen LogP contribution in [0.15, 0.2) is 0 Å². The Balaban J connectivity index is 4.01. The Kier molecular flexibility index (Phi) is 5.69. The number of aliphatic hydroxyl groups is 1. The molecular formula is C9H18N2O. The van der Waals surface area contributed by atoms with Crippen LogP contribution in [0.2, 0.25) is 0 Å². The standard InChI is InChI=1S/C9H18N2O/c1-8(2)11(6-7-12)9(3)4-5-10/h8-9,12H,4,6-7H2,1-3H3. The second kappa shape index (κ2) is 5.99. The number of nitriles is 1. The largest absolute Gasteiger partial charge is 0.395 e. The van der Waals surface area contributed by atoms with Gasteiger partial charge < -0.3 is 5.11 Å². The monoisotopic (exact) mass is 170 g/mol. The van der Waals surface area contributed by atoms with Gasteiger partial charge in [0.1, 0.15) is 0 Å². The van der Waals surface area contributed by atoms with Gasteiger partial charge in [-0.15, -0.1) is 0 Å². The summed E-state index contributed by atoms with van der Waals surface area (Å²) in [6, 6.07) is 2.77. The Bertz CT molecular complexity index is 151. The number of nitrogens with zero attached hydrogens (tertiary/aromatic N) is 2. The number of hydrogen-bond donors (Lipinski definition) is 1. The SMILES string of the molecule is CC(C)N(CCO)C(C)CC#N. The van der Waals surface area contributed by atoms with Crippen molar-refractivity contribution in [3.8, 4) is 6.07 Å². The van der Waals surface area contributed by atoms with Gasteiger partial charge in [0.05, 0.1) is 19.1 Å². The molecule has 0 radical (unpaired) electrons. The first kappa shape index (κ1) is 11.4. The van der Waals surface area contributed by atoms with Crippen molar-refractivity contribution in [2.45, 2.75) is 39.3 Å². The van der Waals surface area contributed by atoms with Gasteiger partial charge >= 0.3 is 0 Å². The Labute approximate surface area is 74.6 Å². The zero-order chi connectivity index (χ0) is 9.56. The number of rotatable bonds is 5. The van der Waals surface area contributed by atoms with Gasteiger partial charge in [0.15, 0.2) is 0 Å². The maximum atomic E-state index is 8.78. The Morgan fingerprint density at radius 2 is 2.00 bits per heavy atom. The summed E-state index contributed by atoms with van der Waals surface area (Å²) in [5, 5.41) is 17.3. The molecule has 1 unspecified atom stereocenters. The van der Waals surface area contributed by atoms with E-state index in [0.29, 0.717) is 19.0 Å². The lowest BCUT2D eigenvalue weighted by atomic mass is 10.2. The maximum Gasteiger partial charge on any atom is 0.0638 e. The van der Waals surface area contributed by atoms with E-state index < -0.39 is 0 Å². The van der Waals surface area contributed by atoms with Crippen molar-refractivity contribution in [3.63, 3.8) is 0 Å². The van der Waals surface area contributed by atoms with Crippen LogP contribution in [0.1, 0.15) is 27.2 Å². The van der Waals surface area contributed by atoms with Gasteiger partial charge in [-0.25, -0.2) is 0 Å². The third kappa shape index (κ3) is 3.70. The highest BCUT2D eigenvalue weighted by atomic mass is 16.3. The summed E-state index contributed by atoms with van der Waals surface area (Å²) < 4.78 is 0. The second-order valence-corrected chi connectivity index (χ2v) is 3.27. The summed E-state index contributed by atoms with van der Waals surface area (Å²) in [6.07, 6.45) is 0.526. The Hall–Kier alpha value is -0.590. The fourth-order valence-corrected chi connectivity index (χ4v) is 1.35. The highest BCUT2D eigenvalue weighted by molar-refractivity contribution is 4.81. The van der Waals surface area contributed by atoms with Crippen LogP contribution in [0.5, 0.6) is 0 Å². The molecular weight excluding hydrogens is 152 g/mol. The second-order valence-electron chi connectivity index (χ2n) is 3.27. The smallest absolute Gasteiger partial charge is 0.0638 e. The summed E-state index contributed by atoms with van der Waals surface area (Å²) in [6.45, 7) is 6.97. The Morgan fingerprint density at radius 1 is 1.42 bits per heavy atom. The van der Waals surface area contributed by atoms with Crippen LogP contribution >= 0.6 is 0 Å². The zero-order valence-electron chi connectivity index (χ0n) is 8.12. The normalized spacial score (nSPS) is 13.4. The van der Waals surface area contributed by atoms with Gasteiger partial charge in [-0.1, -0.05) is 0 Å². The van der Waals surface area contributed by atoms with E-state index in [0.717, 1.165) is 0 Å². The summed E-state index contributed by atoms with van der Waals surface area (Å²) in [4.78, 5) is 2.13. The van der Waals surface area contributed by atoms with E-state index in [1.165, 1.54) is 0 Å². The average Bonchev–Trinajstić information content (AvgIpc) is 1.99. The van der Waals surface area contributed by atoms with Crippen molar-refractivity contribution >= 4 is 0 Å². The molecule has 0 aliphatic carbocycles. The van der Waals surface area contributed by atoms with Gasteiger partial charge in [0.2, 0.25) is 0 Å². The summed E-state index contributed by atoms with van der Waals surface area (Å²) in [5.74, 6) is 0. The van der Waals surface area contributed by atoms with Crippen LogP contribution in [0, 0.1) is 11.3 Å². The molecule has 3 nitrogen and oxygen atoms in total. The van der Waals surface area contributed by atoms with Gasteiger partial charge in [-0.3, -0.25) is 4.90 Å². The molecule has 0 saturated heterocycles. The average molecular weight is 170 g/mol. The molecule has 0 amide bonds. The van der Waals surface area contributed by atoms with E-state index in [4.69, 9.17) is 10.4 Å². The van der Waals surface area contributed by atoms with Crippen LogP contribution in [-0.4, -0.2) is 35.2 Å². The van der Waals surface area contributed by atoms with Crippen molar-refractivity contribution in [1.82, 2.24) is 4.90 Å². The quantitative estimate of drug-likeness (QED) is 0.669. The molecule has 0 aromatic heterocycles. The first-order valence-electron chi connectivity index (χ1n) is 4.37. The van der Waals surface area contributed by atoms with Crippen LogP contribution in [0.25, 0.3) is 0 Å². The summed E-state index contributed by atoms with van der Waals surface area (Å²) >= 11 is 0. The van der Waals surface area contributed by atoms with E-state index in [1.54, 1.807) is 0 Å². The third-order valence-electron chi connectivity index (χ3n) is 1.97. The maximum absolute atomic E-state index is 8.78. The first-order valence-corrected chi connectivity index (χ1v) is 4.37. The molecule has 0 aliphatic rings. The molecule has 0 bridgehead atoms. The third-order valence-corrected chi connectivity index (χ3v) is 1.97. The van der Waals surface area contributed by atoms with Crippen LogP contribution < -0.4 is 0 Å². The molecule has 0 spiro atoms. The Morgan fingerprint density at radius 3 is 2.33 bits per heavy atom. The molecule has 1 N–H and O–H groups in total. The van der Waals surface area contributed by atoms with Gasteiger partial charge in [-0.05, 0) is 20.8 Å². The molecule has 12 heavy (non-hydrogen) atoms. The molecule has 1 atom stereocenters. The van der Waals surface area contributed by atoms with Gasteiger partial charge in [0, 0.05) is 18.6 Å². The van der Waals surface area contributed by atoms with E-state index in [-0.39, 0.29) is 12.6 Å². The topological polar surface area (TPSA) is 47.3 Å². The molecule has 3 heteroatoms. The predicted octanol–water partition coefficient (Wildman–Crippen LogP) is 0.991. The molecule has 0 fully saturated rings. The number of hydrogen-bond acceptors (Lipinski definition) is 3. The highest BCUT2D eigenvalue weighted by Gasteiger charge is 2.15. The fraction of sp³-hybridized carbons (Fsp3) is 0.889. The molecule has 70 valence electrons. The van der Waals surface area contributed by atoms with Crippen molar-refractivity contribution in [1.29, 1.82) is 5.26 Å². The molecule has 0 heterocycles. The summed E-state index contributed by atoms with van der Waals surface area (Å²) in [7, 11) is 0.